The summed E-state index contributed by atoms with van der Waals surface area (Å²) in [6.45, 7) is 3.98. The first kappa shape index (κ1) is 20.0. The van der Waals surface area contributed by atoms with Crippen molar-refractivity contribution in [2.75, 3.05) is 20.3 Å². The molecule has 1 aromatic heterocycles. The van der Waals surface area contributed by atoms with Crippen LogP contribution in [0.1, 0.15) is 39.0 Å². The van der Waals surface area contributed by atoms with Crippen LogP contribution in [0, 0.1) is 6.92 Å². The van der Waals surface area contributed by atoms with Crippen LogP contribution in [0.15, 0.2) is 54.9 Å². The summed E-state index contributed by atoms with van der Waals surface area (Å²) in [6.07, 6.45) is 5.35. The zero-order valence-electron chi connectivity index (χ0n) is 18.0. The average molecular weight is 418 g/mol. The van der Waals surface area contributed by atoms with Crippen LogP contribution in [0.2, 0.25) is 0 Å². The average Bonchev–Trinajstić information content (AvgIpc) is 3.43. The standard InChI is InChI=1S/C25H27N3O3/c1-17-12-20-15-27(23-16-31-11-8-24(23)30-2)25(29)22(20)14-19(17)13-18-4-6-21(7-5-18)28-10-3-9-26-28/h3-7,9-10,12,14,23-24H,8,11,13,15-16H2,1-2H3/t23-,24-/m0/s1. The Morgan fingerprint density at radius 2 is 2.06 bits per heavy atom. The highest BCUT2D eigenvalue weighted by Gasteiger charge is 2.38. The number of hydrogen-bond acceptors (Lipinski definition) is 4. The number of amides is 1. The molecule has 1 fully saturated rings. The molecular formula is C25H27N3O3. The van der Waals surface area contributed by atoms with E-state index in [1.807, 2.05) is 21.8 Å². The van der Waals surface area contributed by atoms with Crippen molar-refractivity contribution in [2.24, 2.45) is 0 Å². The van der Waals surface area contributed by atoms with Gasteiger partial charge >= 0.3 is 0 Å². The Labute approximate surface area is 182 Å². The van der Waals surface area contributed by atoms with E-state index in [4.69, 9.17) is 9.47 Å². The van der Waals surface area contributed by atoms with Crippen molar-refractivity contribution in [3.8, 4) is 5.69 Å². The molecule has 0 unspecified atom stereocenters. The Morgan fingerprint density at radius 3 is 2.81 bits per heavy atom. The number of carbonyl (C=O) groups excluding carboxylic acids is 1. The number of hydrogen-bond donors (Lipinski definition) is 0. The van der Waals surface area contributed by atoms with Crippen molar-refractivity contribution in [2.45, 2.75) is 38.5 Å². The number of nitrogens with zero attached hydrogens (tertiary/aromatic N) is 3. The van der Waals surface area contributed by atoms with E-state index in [1.165, 1.54) is 16.7 Å². The maximum Gasteiger partial charge on any atom is 0.254 e. The van der Waals surface area contributed by atoms with E-state index in [1.54, 1.807) is 13.3 Å². The third-order valence-corrected chi connectivity index (χ3v) is 6.46. The zero-order valence-corrected chi connectivity index (χ0v) is 18.0. The van der Waals surface area contributed by atoms with Crippen LogP contribution >= 0.6 is 0 Å². The Kier molecular flexibility index (Phi) is 5.34. The lowest BCUT2D eigenvalue weighted by Crippen LogP contribution is -2.50. The van der Waals surface area contributed by atoms with Crippen LogP contribution in [-0.4, -0.2) is 53.1 Å². The van der Waals surface area contributed by atoms with E-state index in [-0.39, 0.29) is 18.1 Å². The lowest BCUT2D eigenvalue weighted by Gasteiger charge is -2.36. The molecule has 5 rings (SSSR count). The van der Waals surface area contributed by atoms with Gasteiger partial charge in [0.05, 0.1) is 24.4 Å². The molecule has 0 spiro atoms. The second-order valence-corrected chi connectivity index (χ2v) is 8.37. The molecule has 2 atom stereocenters. The fraction of sp³-hybridized carbons (Fsp3) is 0.360. The lowest BCUT2D eigenvalue weighted by atomic mass is 9.95. The Morgan fingerprint density at radius 1 is 1.23 bits per heavy atom. The minimum absolute atomic E-state index is 0.0286. The van der Waals surface area contributed by atoms with Crippen LogP contribution in [0.3, 0.4) is 0 Å². The van der Waals surface area contributed by atoms with Crippen LogP contribution in [0.4, 0.5) is 0 Å². The summed E-state index contributed by atoms with van der Waals surface area (Å²) in [5, 5.41) is 4.28. The highest BCUT2D eigenvalue weighted by atomic mass is 16.5. The third kappa shape index (κ3) is 3.77. The molecule has 3 aromatic rings. The summed E-state index contributed by atoms with van der Waals surface area (Å²) in [6, 6.07) is 14.5. The summed E-state index contributed by atoms with van der Waals surface area (Å²) in [7, 11) is 1.72. The molecule has 0 N–H and O–H groups in total. The summed E-state index contributed by atoms with van der Waals surface area (Å²) >= 11 is 0. The van der Waals surface area contributed by atoms with Gasteiger partial charge in [-0.15, -0.1) is 0 Å². The molecular weight excluding hydrogens is 390 g/mol. The van der Waals surface area contributed by atoms with E-state index in [0.29, 0.717) is 19.8 Å². The number of aromatic nitrogens is 2. The second-order valence-electron chi connectivity index (χ2n) is 8.37. The minimum atomic E-state index is -0.0303. The van der Waals surface area contributed by atoms with Crippen LogP contribution in [0.5, 0.6) is 0 Å². The summed E-state index contributed by atoms with van der Waals surface area (Å²) < 4.78 is 13.1. The summed E-state index contributed by atoms with van der Waals surface area (Å²) in [5.74, 6) is 0.0860. The van der Waals surface area contributed by atoms with Gasteiger partial charge in [-0.3, -0.25) is 4.79 Å². The first-order valence-electron chi connectivity index (χ1n) is 10.8. The number of benzene rings is 2. The van der Waals surface area contributed by atoms with E-state index < -0.39 is 0 Å². The molecule has 1 amide bonds. The van der Waals surface area contributed by atoms with Gasteiger partial charge in [0.15, 0.2) is 0 Å². The topological polar surface area (TPSA) is 56.6 Å². The van der Waals surface area contributed by atoms with Gasteiger partial charge in [-0.1, -0.05) is 18.2 Å². The van der Waals surface area contributed by atoms with E-state index >= 15 is 0 Å². The van der Waals surface area contributed by atoms with Gasteiger partial charge < -0.3 is 14.4 Å². The second kappa shape index (κ2) is 8.29. The van der Waals surface area contributed by atoms with Gasteiger partial charge in [0.2, 0.25) is 0 Å². The van der Waals surface area contributed by atoms with E-state index in [9.17, 15) is 4.79 Å². The number of aryl methyl sites for hydroxylation is 1. The van der Waals surface area contributed by atoms with Gasteiger partial charge in [-0.25, -0.2) is 4.68 Å². The minimum Gasteiger partial charge on any atom is -0.379 e. The van der Waals surface area contributed by atoms with Crippen LogP contribution in [0.25, 0.3) is 5.69 Å². The van der Waals surface area contributed by atoms with Crippen molar-refractivity contribution in [1.82, 2.24) is 14.7 Å². The number of rotatable bonds is 5. The molecule has 2 aliphatic rings. The van der Waals surface area contributed by atoms with Gasteiger partial charge in [0.25, 0.3) is 5.91 Å². The van der Waals surface area contributed by atoms with Crippen molar-refractivity contribution in [3.05, 3.63) is 82.7 Å². The van der Waals surface area contributed by atoms with Crippen molar-refractivity contribution in [1.29, 1.82) is 0 Å². The highest BCUT2D eigenvalue weighted by Crippen LogP contribution is 2.31. The Balaban J connectivity index is 1.36. The van der Waals surface area contributed by atoms with Crippen molar-refractivity contribution < 1.29 is 14.3 Å². The molecule has 2 aromatic carbocycles. The molecule has 6 heteroatoms. The van der Waals surface area contributed by atoms with Gasteiger partial charge in [0, 0.05) is 38.2 Å². The Bertz CT molecular complexity index is 1080. The number of methoxy groups -OCH3 is 1. The lowest BCUT2D eigenvalue weighted by molar-refractivity contribution is -0.0695. The zero-order chi connectivity index (χ0) is 21.4. The molecule has 3 heterocycles. The predicted molar refractivity (Wildman–Crippen MR) is 117 cm³/mol. The van der Waals surface area contributed by atoms with E-state index in [2.05, 4.69) is 48.4 Å². The third-order valence-electron chi connectivity index (χ3n) is 6.46. The predicted octanol–water partition coefficient (Wildman–Crippen LogP) is 3.53. The fourth-order valence-corrected chi connectivity index (χ4v) is 4.69. The molecule has 0 saturated carbocycles. The van der Waals surface area contributed by atoms with Gasteiger partial charge in [0.1, 0.15) is 0 Å². The summed E-state index contributed by atoms with van der Waals surface area (Å²) in [5.41, 5.74) is 6.56. The monoisotopic (exact) mass is 417 g/mol. The maximum atomic E-state index is 13.3. The molecule has 1 saturated heterocycles. The van der Waals surface area contributed by atoms with Gasteiger partial charge in [-0.05, 0) is 66.3 Å². The molecule has 160 valence electrons. The quantitative estimate of drug-likeness (QED) is 0.637. The fourth-order valence-electron chi connectivity index (χ4n) is 4.69. The molecule has 31 heavy (non-hydrogen) atoms. The molecule has 2 aliphatic heterocycles. The molecule has 6 nitrogen and oxygen atoms in total. The number of fused-ring (bicyclic) bond motifs is 1. The van der Waals surface area contributed by atoms with Gasteiger partial charge in [-0.2, -0.15) is 5.10 Å². The van der Waals surface area contributed by atoms with Crippen molar-refractivity contribution in [3.63, 3.8) is 0 Å². The smallest absolute Gasteiger partial charge is 0.254 e. The first-order valence-corrected chi connectivity index (χ1v) is 10.8. The molecule has 0 aliphatic carbocycles. The number of ether oxygens (including phenoxy) is 2. The SMILES string of the molecule is CO[C@H]1CCOC[C@@H]1N1Cc2cc(C)c(Cc3ccc(-n4cccn4)cc3)cc2C1=O. The largest absolute Gasteiger partial charge is 0.379 e. The first-order chi connectivity index (χ1) is 15.1. The van der Waals surface area contributed by atoms with E-state index in [0.717, 1.165) is 29.7 Å². The maximum absolute atomic E-state index is 13.3. The molecule has 0 bridgehead atoms. The van der Waals surface area contributed by atoms with Crippen LogP contribution < -0.4 is 0 Å². The summed E-state index contributed by atoms with van der Waals surface area (Å²) in [4.78, 5) is 15.2. The number of carbonyl (C=O) groups is 1. The van der Waals surface area contributed by atoms with Crippen molar-refractivity contribution >= 4 is 5.91 Å². The Hall–Kier alpha value is -2.96. The highest BCUT2D eigenvalue weighted by molar-refractivity contribution is 5.99. The van der Waals surface area contributed by atoms with Crippen LogP contribution in [-0.2, 0) is 22.4 Å². The molecule has 0 radical (unpaired) electrons. The normalized spacial score (nSPS) is 20.8.